The predicted octanol–water partition coefficient (Wildman–Crippen LogP) is 3.05. The second-order valence-corrected chi connectivity index (χ2v) is 8.52. The molecule has 2 N–H and O–H groups in total. The van der Waals surface area contributed by atoms with Crippen molar-refractivity contribution in [3.63, 3.8) is 0 Å². The fourth-order valence-electron chi connectivity index (χ4n) is 2.98. The van der Waals surface area contributed by atoms with Gasteiger partial charge in [0, 0.05) is 12.1 Å². The van der Waals surface area contributed by atoms with Crippen molar-refractivity contribution in [2.24, 2.45) is 0 Å². The molecule has 1 heterocycles. The molecule has 30 heavy (non-hydrogen) atoms. The van der Waals surface area contributed by atoms with Gasteiger partial charge in [0.05, 0.1) is 24.8 Å². The van der Waals surface area contributed by atoms with Gasteiger partial charge >= 0.3 is 0 Å². The first-order valence-electron chi connectivity index (χ1n) is 9.43. The molecule has 1 aromatic heterocycles. The third kappa shape index (κ3) is 5.49. The monoisotopic (exact) mass is 428 g/mol. The van der Waals surface area contributed by atoms with Crippen LogP contribution in [0.4, 0.5) is 0 Å². The normalized spacial score (nSPS) is 11.3. The van der Waals surface area contributed by atoms with Crippen molar-refractivity contribution in [3.8, 4) is 5.75 Å². The van der Waals surface area contributed by atoms with Gasteiger partial charge in [-0.05, 0) is 55.3 Å². The Bertz CT molecular complexity index is 1110. The molecule has 0 aliphatic rings. The van der Waals surface area contributed by atoms with E-state index in [-0.39, 0.29) is 22.9 Å². The number of carbonyl (C=O) groups is 1. The lowest BCUT2D eigenvalue weighted by molar-refractivity contribution is 0.0954. The standard InChI is InChI=1S/C22H24N2O5S/c1-16-8-9-21(28-2)17(13-16)10-11-23-22(25)18-5-3-7-20(14-18)30(26,27)24-15-19-6-4-12-29-19/h3-9,12-14,24H,10-11,15H2,1-2H3,(H,23,25). The maximum atomic E-state index is 12.5. The van der Waals surface area contributed by atoms with Crippen molar-refractivity contribution in [1.29, 1.82) is 0 Å². The average molecular weight is 429 g/mol. The third-order valence-electron chi connectivity index (χ3n) is 4.54. The minimum absolute atomic E-state index is 0.0158. The number of benzene rings is 2. The van der Waals surface area contributed by atoms with E-state index in [4.69, 9.17) is 9.15 Å². The van der Waals surface area contributed by atoms with Crippen LogP contribution in [-0.2, 0) is 23.0 Å². The van der Waals surface area contributed by atoms with Gasteiger partial charge in [-0.3, -0.25) is 4.79 Å². The van der Waals surface area contributed by atoms with Crippen molar-refractivity contribution in [3.05, 3.63) is 83.3 Å². The zero-order chi connectivity index (χ0) is 21.6. The van der Waals surface area contributed by atoms with Crippen LogP contribution in [0.15, 0.2) is 70.2 Å². The molecule has 0 saturated heterocycles. The second-order valence-electron chi connectivity index (χ2n) is 6.75. The Labute approximate surface area is 176 Å². The van der Waals surface area contributed by atoms with Crippen LogP contribution in [0.25, 0.3) is 0 Å². The highest BCUT2D eigenvalue weighted by Gasteiger charge is 2.17. The van der Waals surface area contributed by atoms with Gasteiger partial charge in [-0.15, -0.1) is 0 Å². The summed E-state index contributed by atoms with van der Waals surface area (Å²) in [5.41, 5.74) is 2.38. The molecule has 3 aromatic rings. The van der Waals surface area contributed by atoms with E-state index >= 15 is 0 Å². The average Bonchev–Trinajstić information content (AvgIpc) is 3.26. The molecule has 0 atom stereocenters. The van der Waals surface area contributed by atoms with Crippen LogP contribution in [0.5, 0.6) is 5.75 Å². The number of rotatable bonds is 9. The number of methoxy groups -OCH3 is 1. The fourth-order valence-corrected chi connectivity index (χ4v) is 4.02. The maximum Gasteiger partial charge on any atom is 0.251 e. The number of nitrogens with one attached hydrogen (secondary N) is 2. The van der Waals surface area contributed by atoms with E-state index in [1.54, 1.807) is 31.4 Å². The molecule has 0 spiro atoms. The summed E-state index contributed by atoms with van der Waals surface area (Å²) in [4.78, 5) is 12.5. The third-order valence-corrected chi connectivity index (χ3v) is 5.94. The highest BCUT2D eigenvalue weighted by atomic mass is 32.2. The molecule has 158 valence electrons. The number of hydrogen-bond donors (Lipinski definition) is 2. The van der Waals surface area contributed by atoms with Gasteiger partial charge in [0.1, 0.15) is 11.5 Å². The lowest BCUT2D eigenvalue weighted by Gasteiger charge is -2.11. The first-order valence-corrected chi connectivity index (χ1v) is 10.9. The van der Waals surface area contributed by atoms with Crippen LogP contribution in [0.2, 0.25) is 0 Å². The summed E-state index contributed by atoms with van der Waals surface area (Å²) in [7, 11) is -2.17. The van der Waals surface area contributed by atoms with E-state index in [2.05, 4.69) is 10.0 Å². The van der Waals surface area contributed by atoms with Gasteiger partial charge in [0.15, 0.2) is 0 Å². The molecule has 8 heteroatoms. The van der Waals surface area contributed by atoms with Crippen molar-refractivity contribution < 1.29 is 22.4 Å². The summed E-state index contributed by atoms with van der Waals surface area (Å²) >= 11 is 0. The summed E-state index contributed by atoms with van der Waals surface area (Å²) in [5, 5.41) is 2.83. The Morgan fingerprint density at radius 1 is 1.10 bits per heavy atom. The van der Waals surface area contributed by atoms with E-state index in [1.165, 1.54) is 18.4 Å². The highest BCUT2D eigenvalue weighted by Crippen LogP contribution is 2.20. The minimum Gasteiger partial charge on any atom is -0.496 e. The Morgan fingerprint density at radius 2 is 1.93 bits per heavy atom. The molecule has 0 saturated carbocycles. The number of furan rings is 1. The molecule has 3 rings (SSSR count). The molecule has 0 aliphatic heterocycles. The topological polar surface area (TPSA) is 97.6 Å². The van der Waals surface area contributed by atoms with Crippen LogP contribution in [0.3, 0.4) is 0 Å². The minimum atomic E-state index is -3.78. The SMILES string of the molecule is COc1ccc(C)cc1CCNC(=O)c1cccc(S(=O)(=O)NCc2ccco2)c1. The summed E-state index contributed by atoms with van der Waals surface area (Å²) < 4.78 is 38.0. The smallest absolute Gasteiger partial charge is 0.251 e. The van der Waals surface area contributed by atoms with Crippen LogP contribution >= 0.6 is 0 Å². The lowest BCUT2D eigenvalue weighted by Crippen LogP contribution is -2.27. The van der Waals surface area contributed by atoms with Gasteiger partial charge < -0.3 is 14.5 Å². The first kappa shape index (κ1) is 21.6. The van der Waals surface area contributed by atoms with E-state index in [9.17, 15) is 13.2 Å². The highest BCUT2D eigenvalue weighted by molar-refractivity contribution is 7.89. The maximum absolute atomic E-state index is 12.5. The summed E-state index contributed by atoms with van der Waals surface area (Å²) in [6.45, 7) is 2.42. The molecular formula is C22H24N2O5S. The molecule has 0 fully saturated rings. The first-order chi connectivity index (χ1) is 14.4. The number of amides is 1. The van der Waals surface area contributed by atoms with Crippen LogP contribution in [0.1, 0.15) is 27.2 Å². The Morgan fingerprint density at radius 3 is 2.67 bits per heavy atom. The lowest BCUT2D eigenvalue weighted by atomic mass is 10.1. The van der Waals surface area contributed by atoms with Gasteiger partial charge in [0.2, 0.25) is 10.0 Å². The van der Waals surface area contributed by atoms with Gasteiger partial charge in [0.25, 0.3) is 5.91 Å². The van der Waals surface area contributed by atoms with Crippen molar-refractivity contribution in [1.82, 2.24) is 10.0 Å². The van der Waals surface area contributed by atoms with Gasteiger partial charge in [-0.25, -0.2) is 13.1 Å². The van der Waals surface area contributed by atoms with E-state index < -0.39 is 10.0 Å². The van der Waals surface area contributed by atoms with Crippen molar-refractivity contribution >= 4 is 15.9 Å². The molecule has 1 amide bonds. The van der Waals surface area contributed by atoms with E-state index in [1.807, 2.05) is 25.1 Å². The number of hydrogen-bond acceptors (Lipinski definition) is 5. The van der Waals surface area contributed by atoms with E-state index in [0.29, 0.717) is 18.7 Å². The Kier molecular flexibility index (Phi) is 6.91. The van der Waals surface area contributed by atoms with Gasteiger partial charge in [-0.2, -0.15) is 0 Å². The number of carbonyl (C=O) groups excluding carboxylic acids is 1. The molecule has 0 bridgehead atoms. The molecule has 0 radical (unpaired) electrons. The van der Waals surface area contributed by atoms with Crippen LogP contribution < -0.4 is 14.8 Å². The number of aryl methyl sites for hydroxylation is 1. The van der Waals surface area contributed by atoms with Crippen LogP contribution in [0, 0.1) is 6.92 Å². The largest absolute Gasteiger partial charge is 0.496 e. The molecule has 7 nitrogen and oxygen atoms in total. The number of sulfonamides is 1. The summed E-state index contributed by atoms with van der Waals surface area (Å²) in [6.07, 6.45) is 2.07. The Balaban J connectivity index is 1.62. The summed E-state index contributed by atoms with van der Waals surface area (Å²) in [5.74, 6) is 0.925. The summed E-state index contributed by atoms with van der Waals surface area (Å²) in [6, 6.07) is 15.2. The van der Waals surface area contributed by atoms with Crippen molar-refractivity contribution in [2.45, 2.75) is 24.8 Å². The zero-order valence-corrected chi connectivity index (χ0v) is 17.7. The van der Waals surface area contributed by atoms with Crippen LogP contribution in [-0.4, -0.2) is 28.0 Å². The Hall–Kier alpha value is -3.10. The predicted molar refractivity (Wildman–Crippen MR) is 113 cm³/mol. The molecule has 2 aromatic carbocycles. The quantitative estimate of drug-likeness (QED) is 0.546. The molecule has 0 unspecified atom stereocenters. The molecular weight excluding hydrogens is 404 g/mol. The second kappa shape index (κ2) is 9.60. The zero-order valence-electron chi connectivity index (χ0n) is 16.8. The number of ether oxygens (including phenoxy) is 1. The molecule has 0 aliphatic carbocycles. The van der Waals surface area contributed by atoms with E-state index in [0.717, 1.165) is 16.9 Å². The fraction of sp³-hybridized carbons (Fsp3) is 0.227. The van der Waals surface area contributed by atoms with Crippen molar-refractivity contribution in [2.75, 3.05) is 13.7 Å². The van der Waals surface area contributed by atoms with Gasteiger partial charge in [-0.1, -0.05) is 23.8 Å².